The maximum Gasteiger partial charge on any atom is 0.290 e. The maximum atomic E-state index is 12.2. The average molecular weight is 476 g/mol. The van der Waals surface area contributed by atoms with E-state index in [1.54, 1.807) is 30.3 Å². The Kier molecular flexibility index (Phi) is 7.51. The SMILES string of the molecule is O=C1NC(=O)C(=Cc2cc(OCc3ccccc3)nc(NCCNC(=O)c3ccccc3)n2)S1. The molecule has 3 N–H and O–H groups in total. The molecule has 3 amide bonds. The summed E-state index contributed by atoms with van der Waals surface area (Å²) in [6, 6.07) is 20.1. The smallest absolute Gasteiger partial charge is 0.290 e. The number of benzene rings is 2. The number of anilines is 1. The van der Waals surface area contributed by atoms with Gasteiger partial charge in [0, 0.05) is 24.7 Å². The number of imide groups is 1. The highest BCUT2D eigenvalue weighted by Crippen LogP contribution is 2.26. The molecule has 4 rings (SSSR count). The topological polar surface area (TPSA) is 122 Å². The van der Waals surface area contributed by atoms with Crippen LogP contribution in [-0.4, -0.2) is 40.1 Å². The summed E-state index contributed by atoms with van der Waals surface area (Å²) in [6.07, 6.45) is 1.50. The van der Waals surface area contributed by atoms with Crippen LogP contribution in [0.5, 0.6) is 5.88 Å². The molecule has 2 heterocycles. The molecule has 34 heavy (non-hydrogen) atoms. The van der Waals surface area contributed by atoms with Gasteiger partial charge >= 0.3 is 0 Å². The first kappa shape index (κ1) is 23.0. The van der Waals surface area contributed by atoms with Crippen LogP contribution in [0.4, 0.5) is 10.7 Å². The van der Waals surface area contributed by atoms with E-state index < -0.39 is 11.1 Å². The van der Waals surface area contributed by atoms with E-state index in [1.165, 1.54) is 6.08 Å². The summed E-state index contributed by atoms with van der Waals surface area (Å²) >= 11 is 0.805. The summed E-state index contributed by atoms with van der Waals surface area (Å²) in [6.45, 7) is 1.01. The summed E-state index contributed by atoms with van der Waals surface area (Å²) in [7, 11) is 0. The van der Waals surface area contributed by atoms with Gasteiger partial charge in [-0.15, -0.1) is 0 Å². The van der Waals surface area contributed by atoms with Gasteiger partial charge in [-0.2, -0.15) is 4.98 Å². The second kappa shape index (κ2) is 11.1. The predicted molar refractivity (Wildman–Crippen MR) is 129 cm³/mol. The fourth-order valence-corrected chi connectivity index (χ4v) is 3.67. The Labute approximate surface area is 200 Å². The quantitative estimate of drug-likeness (QED) is 0.319. The van der Waals surface area contributed by atoms with E-state index >= 15 is 0 Å². The highest BCUT2D eigenvalue weighted by atomic mass is 32.2. The Morgan fingerprint density at radius 1 is 1.00 bits per heavy atom. The lowest BCUT2D eigenvalue weighted by Gasteiger charge is -2.11. The normalized spacial score (nSPS) is 14.1. The van der Waals surface area contributed by atoms with E-state index in [0.29, 0.717) is 36.8 Å². The zero-order chi connectivity index (χ0) is 23.8. The molecule has 9 nitrogen and oxygen atoms in total. The van der Waals surface area contributed by atoms with Crippen molar-refractivity contribution < 1.29 is 19.1 Å². The van der Waals surface area contributed by atoms with Gasteiger partial charge in [0.15, 0.2) is 0 Å². The molecule has 0 atom stereocenters. The first-order valence-electron chi connectivity index (χ1n) is 10.4. The van der Waals surface area contributed by atoms with Crippen LogP contribution in [0.3, 0.4) is 0 Å². The highest BCUT2D eigenvalue weighted by Gasteiger charge is 2.25. The third-order valence-corrected chi connectivity index (χ3v) is 5.41. The molecule has 0 bridgehead atoms. The lowest BCUT2D eigenvalue weighted by Crippen LogP contribution is -2.29. The third-order valence-electron chi connectivity index (χ3n) is 4.60. The molecule has 1 aliphatic rings. The first-order valence-corrected chi connectivity index (χ1v) is 11.3. The zero-order valence-corrected chi connectivity index (χ0v) is 18.8. The highest BCUT2D eigenvalue weighted by molar-refractivity contribution is 8.18. The van der Waals surface area contributed by atoms with Gasteiger partial charge < -0.3 is 15.4 Å². The Balaban J connectivity index is 1.44. The number of carbonyl (C=O) groups is 3. The Morgan fingerprint density at radius 3 is 2.44 bits per heavy atom. The van der Waals surface area contributed by atoms with Gasteiger partial charge in [0.2, 0.25) is 11.8 Å². The number of hydrogen-bond acceptors (Lipinski definition) is 8. The van der Waals surface area contributed by atoms with E-state index in [1.807, 2.05) is 36.4 Å². The molecular formula is C24H21N5O4S. The van der Waals surface area contributed by atoms with Gasteiger partial charge in [-0.25, -0.2) is 4.98 Å². The first-order chi connectivity index (χ1) is 16.6. The number of rotatable bonds is 9. The molecule has 1 fully saturated rings. The average Bonchev–Trinajstić information content (AvgIpc) is 3.17. The van der Waals surface area contributed by atoms with Crippen molar-refractivity contribution in [3.05, 3.63) is 88.5 Å². The number of amides is 3. The van der Waals surface area contributed by atoms with Gasteiger partial charge in [-0.1, -0.05) is 48.5 Å². The lowest BCUT2D eigenvalue weighted by molar-refractivity contribution is -0.115. The van der Waals surface area contributed by atoms with Gasteiger partial charge in [-0.05, 0) is 35.5 Å². The van der Waals surface area contributed by atoms with Crippen LogP contribution in [-0.2, 0) is 11.4 Å². The largest absolute Gasteiger partial charge is 0.473 e. The van der Waals surface area contributed by atoms with Crippen molar-refractivity contribution in [3.8, 4) is 5.88 Å². The zero-order valence-electron chi connectivity index (χ0n) is 18.0. The molecule has 10 heteroatoms. The second-order valence-electron chi connectivity index (χ2n) is 7.13. The summed E-state index contributed by atoms with van der Waals surface area (Å²) < 4.78 is 5.82. The van der Waals surface area contributed by atoms with Crippen molar-refractivity contribution in [3.63, 3.8) is 0 Å². The maximum absolute atomic E-state index is 12.2. The molecule has 0 aliphatic carbocycles. The van der Waals surface area contributed by atoms with Gasteiger partial charge in [-0.3, -0.25) is 19.7 Å². The van der Waals surface area contributed by atoms with Crippen LogP contribution in [0.1, 0.15) is 21.6 Å². The van der Waals surface area contributed by atoms with Gasteiger partial charge in [0.1, 0.15) is 6.61 Å². The second-order valence-corrected chi connectivity index (χ2v) is 8.14. The van der Waals surface area contributed by atoms with Crippen LogP contribution < -0.4 is 20.7 Å². The standard InChI is InChI=1S/C24H21N5O4S/c30-21(17-9-5-2-6-10-17)25-11-12-26-23-27-18(13-19-22(31)29-24(32)34-19)14-20(28-23)33-15-16-7-3-1-4-8-16/h1-10,13-14H,11-12,15H2,(H,25,30)(H,26,27,28)(H,29,31,32). The van der Waals surface area contributed by atoms with E-state index in [0.717, 1.165) is 17.3 Å². The molecule has 0 saturated carbocycles. The fraction of sp³-hybridized carbons (Fsp3) is 0.125. The van der Waals surface area contributed by atoms with Crippen molar-refractivity contribution in [2.45, 2.75) is 6.61 Å². The fourth-order valence-electron chi connectivity index (χ4n) is 3.00. The van der Waals surface area contributed by atoms with Crippen molar-refractivity contribution in [1.29, 1.82) is 0 Å². The number of nitrogens with one attached hydrogen (secondary N) is 3. The number of aromatic nitrogens is 2. The van der Waals surface area contributed by atoms with Crippen LogP contribution in [0.15, 0.2) is 71.6 Å². The Hall–Kier alpha value is -4.18. The minimum Gasteiger partial charge on any atom is -0.473 e. The van der Waals surface area contributed by atoms with Crippen molar-refractivity contribution in [2.75, 3.05) is 18.4 Å². The van der Waals surface area contributed by atoms with Crippen LogP contribution >= 0.6 is 11.8 Å². The Bertz CT molecular complexity index is 1220. The molecule has 1 aromatic heterocycles. The monoisotopic (exact) mass is 475 g/mol. The van der Waals surface area contributed by atoms with Gasteiger partial charge in [0.25, 0.3) is 17.1 Å². The summed E-state index contributed by atoms with van der Waals surface area (Å²) in [5.74, 6) is -0.0847. The molecule has 0 unspecified atom stereocenters. The minimum atomic E-state index is -0.474. The molecule has 1 aliphatic heterocycles. The number of thioether (sulfide) groups is 1. The summed E-state index contributed by atoms with van der Waals surface area (Å²) in [5.41, 5.74) is 1.95. The minimum absolute atomic E-state index is 0.178. The molecule has 3 aromatic rings. The van der Waals surface area contributed by atoms with Crippen LogP contribution in [0.25, 0.3) is 6.08 Å². The van der Waals surface area contributed by atoms with E-state index in [-0.39, 0.29) is 16.8 Å². The molecule has 2 aromatic carbocycles. The van der Waals surface area contributed by atoms with Crippen molar-refractivity contribution in [2.24, 2.45) is 0 Å². The molecule has 0 spiro atoms. The van der Waals surface area contributed by atoms with Gasteiger partial charge in [0.05, 0.1) is 10.6 Å². The molecule has 0 radical (unpaired) electrons. The Morgan fingerprint density at radius 2 is 1.74 bits per heavy atom. The number of hydrogen-bond donors (Lipinski definition) is 3. The molecule has 1 saturated heterocycles. The summed E-state index contributed by atoms with van der Waals surface area (Å²) in [4.78, 5) is 44.5. The number of ether oxygens (including phenoxy) is 1. The predicted octanol–water partition coefficient (Wildman–Crippen LogP) is 3.22. The van der Waals surface area contributed by atoms with Crippen molar-refractivity contribution in [1.82, 2.24) is 20.6 Å². The number of carbonyl (C=O) groups excluding carboxylic acids is 3. The van der Waals surface area contributed by atoms with Crippen LogP contribution in [0, 0.1) is 0 Å². The third kappa shape index (κ3) is 6.42. The number of nitrogens with zero attached hydrogens (tertiary/aromatic N) is 2. The van der Waals surface area contributed by atoms with E-state index in [9.17, 15) is 14.4 Å². The molecule has 172 valence electrons. The van der Waals surface area contributed by atoms with Crippen molar-refractivity contribution >= 4 is 40.8 Å². The lowest BCUT2D eigenvalue weighted by atomic mass is 10.2. The van der Waals surface area contributed by atoms with E-state index in [4.69, 9.17) is 4.74 Å². The van der Waals surface area contributed by atoms with E-state index in [2.05, 4.69) is 25.9 Å². The molecular weight excluding hydrogens is 454 g/mol. The van der Waals surface area contributed by atoms with Crippen LogP contribution in [0.2, 0.25) is 0 Å². The summed E-state index contributed by atoms with van der Waals surface area (Å²) in [5, 5.41) is 7.66.